The van der Waals surface area contributed by atoms with E-state index in [0.29, 0.717) is 55.5 Å². The molecule has 1 aromatic heterocycles. The highest BCUT2D eigenvalue weighted by molar-refractivity contribution is 5.97. The van der Waals surface area contributed by atoms with Crippen molar-refractivity contribution in [2.24, 2.45) is 0 Å². The average Bonchev–Trinajstić information content (AvgIpc) is 3.46. The van der Waals surface area contributed by atoms with Gasteiger partial charge in [-0.1, -0.05) is 12.1 Å². The number of H-pyrrole nitrogens is 1. The topological polar surface area (TPSA) is 113 Å². The molecule has 3 aliphatic rings. The lowest BCUT2D eigenvalue weighted by molar-refractivity contribution is -0.120. The van der Waals surface area contributed by atoms with Crippen molar-refractivity contribution in [3.8, 4) is 22.8 Å². The van der Waals surface area contributed by atoms with Crippen LogP contribution in [0.2, 0.25) is 0 Å². The molecule has 2 aromatic carbocycles. The van der Waals surface area contributed by atoms with E-state index in [1.54, 1.807) is 12.1 Å². The average molecular weight is 573 g/mol. The minimum absolute atomic E-state index is 0.171. The maximum absolute atomic E-state index is 13.2. The van der Waals surface area contributed by atoms with Gasteiger partial charge >= 0.3 is 6.09 Å². The lowest BCUT2D eigenvalue weighted by Gasteiger charge is -2.29. The fraction of sp³-hybridized carbons (Fsp3) is 0.406. The van der Waals surface area contributed by atoms with Gasteiger partial charge in [-0.2, -0.15) is 0 Å². The van der Waals surface area contributed by atoms with E-state index in [9.17, 15) is 14.4 Å². The fourth-order valence-electron chi connectivity index (χ4n) is 5.75. The van der Waals surface area contributed by atoms with Crippen LogP contribution in [0.3, 0.4) is 0 Å². The number of anilines is 2. The number of nitrogens with zero attached hydrogens (tertiary/aromatic N) is 2. The Bertz CT molecular complexity index is 1570. The zero-order valence-corrected chi connectivity index (χ0v) is 24.2. The Balaban J connectivity index is 1.20. The number of nitrogens with one attached hydrogen (secondary N) is 2. The molecular formula is C32H36N4O6. The van der Waals surface area contributed by atoms with Gasteiger partial charge in [-0.15, -0.1) is 0 Å². The van der Waals surface area contributed by atoms with Crippen LogP contribution >= 0.6 is 0 Å². The van der Waals surface area contributed by atoms with Crippen molar-refractivity contribution in [1.29, 1.82) is 0 Å². The fourth-order valence-corrected chi connectivity index (χ4v) is 5.75. The van der Waals surface area contributed by atoms with E-state index in [4.69, 9.17) is 14.2 Å². The van der Waals surface area contributed by atoms with Crippen molar-refractivity contribution in [3.05, 3.63) is 70.0 Å². The van der Waals surface area contributed by atoms with Crippen LogP contribution < -0.4 is 20.5 Å². The Morgan fingerprint density at radius 3 is 2.62 bits per heavy atom. The molecule has 10 heteroatoms. The second-order valence-corrected chi connectivity index (χ2v) is 11.9. The SMILES string of the molecule is CC(C)(C)OC(=O)N1CCCC1C(=O)Nc1ccc2c(c1)Cc1cccc(-c3cc(N4CCOCC4)cc(=O)[nH]3)c1O2. The first-order valence-electron chi connectivity index (χ1n) is 14.5. The summed E-state index contributed by atoms with van der Waals surface area (Å²) in [7, 11) is 0. The van der Waals surface area contributed by atoms with E-state index in [1.807, 2.05) is 57.2 Å². The summed E-state index contributed by atoms with van der Waals surface area (Å²) in [6, 6.07) is 14.5. The number of hydrogen-bond acceptors (Lipinski definition) is 7. The molecule has 0 radical (unpaired) electrons. The Labute approximate surface area is 244 Å². The van der Waals surface area contributed by atoms with Gasteiger partial charge in [0.15, 0.2) is 0 Å². The monoisotopic (exact) mass is 572 g/mol. The van der Waals surface area contributed by atoms with Crippen molar-refractivity contribution >= 4 is 23.4 Å². The van der Waals surface area contributed by atoms with E-state index < -0.39 is 17.7 Å². The summed E-state index contributed by atoms with van der Waals surface area (Å²) in [5, 5.41) is 2.99. The first kappa shape index (κ1) is 27.8. The molecule has 10 nitrogen and oxygen atoms in total. The summed E-state index contributed by atoms with van der Waals surface area (Å²) in [4.78, 5) is 45.1. The van der Waals surface area contributed by atoms with Gasteiger partial charge < -0.3 is 29.4 Å². The minimum atomic E-state index is -0.629. The number of morpholine rings is 1. The maximum atomic E-state index is 13.2. The number of benzene rings is 2. The highest BCUT2D eigenvalue weighted by atomic mass is 16.6. The molecule has 0 saturated carbocycles. The number of likely N-dealkylation sites (tertiary alicyclic amines) is 1. The zero-order valence-electron chi connectivity index (χ0n) is 24.2. The van der Waals surface area contributed by atoms with E-state index in [2.05, 4.69) is 15.2 Å². The normalized spacial score (nSPS) is 18.1. The van der Waals surface area contributed by atoms with Crippen LogP contribution in [-0.4, -0.2) is 66.4 Å². The van der Waals surface area contributed by atoms with Crippen LogP contribution in [-0.2, 0) is 20.7 Å². The van der Waals surface area contributed by atoms with Crippen molar-refractivity contribution < 1.29 is 23.8 Å². The second kappa shape index (κ2) is 11.2. The van der Waals surface area contributed by atoms with Gasteiger partial charge in [0, 0.05) is 54.6 Å². The molecule has 42 heavy (non-hydrogen) atoms. The third kappa shape index (κ3) is 5.85. The molecule has 6 rings (SSSR count). The molecule has 2 amide bonds. The van der Waals surface area contributed by atoms with Gasteiger partial charge in [0.05, 0.1) is 18.9 Å². The Hall–Kier alpha value is -4.31. The Kier molecular flexibility index (Phi) is 7.40. The van der Waals surface area contributed by atoms with Crippen LogP contribution in [0.1, 0.15) is 44.7 Å². The van der Waals surface area contributed by atoms with Crippen molar-refractivity contribution in [3.63, 3.8) is 0 Å². The summed E-state index contributed by atoms with van der Waals surface area (Å²) in [6.07, 6.45) is 1.46. The number of amides is 2. The number of aromatic amines is 1. The molecule has 3 aromatic rings. The standard InChI is InChI=1S/C32H36N4O6/c1-32(2,3)42-31(39)36-11-5-8-26(36)30(38)33-22-9-10-27-21(17-22)16-20-6-4-7-24(29(20)41-27)25-18-23(19-28(37)34-25)35-12-14-40-15-13-35/h4,6-7,9-10,17-19,26H,5,8,11-16H2,1-3H3,(H,33,38)(H,34,37). The van der Waals surface area contributed by atoms with Gasteiger partial charge in [-0.25, -0.2) is 4.79 Å². The number of ether oxygens (including phenoxy) is 3. The van der Waals surface area contributed by atoms with Gasteiger partial charge in [0.2, 0.25) is 11.5 Å². The number of carbonyl (C=O) groups is 2. The third-order valence-corrected chi connectivity index (χ3v) is 7.70. The molecule has 0 aliphatic carbocycles. The second-order valence-electron chi connectivity index (χ2n) is 11.9. The largest absolute Gasteiger partial charge is 0.456 e. The molecule has 0 bridgehead atoms. The number of rotatable bonds is 4. The summed E-state index contributed by atoms with van der Waals surface area (Å²) in [5.41, 5.74) is 4.12. The minimum Gasteiger partial charge on any atom is -0.456 e. The number of hydrogen-bond donors (Lipinski definition) is 2. The third-order valence-electron chi connectivity index (χ3n) is 7.70. The van der Waals surface area contributed by atoms with E-state index >= 15 is 0 Å². The van der Waals surface area contributed by atoms with Crippen molar-refractivity contribution in [2.45, 2.75) is 51.7 Å². The van der Waals surface area contributed by atoms with Crippen LogP contribution in [0.25, 0.3) is 11.3 Å². The van der Waals surface area contributed by atoms with Crippen LogP contribution in [0.15, 0.2) is 53.3 Å². The van der Waals surface area contributed by atoms with E-state index in [1.165, 1.54) is 4.90 Å². The smallest absolute Gasteiger partial charge is 0.410 e. The van der Waals surface area contributed by atoms with Crippen LogP contribution in [0, 0.1) is 0 Å². The van der Waals surface area contributed by atoms with Gasteiger partial charge in [-0.3, -0.25) is 14.5 Å². The maximum Gasteiger partial charge on any atom is 0.410 e. The number of carbonyl (C=O) groups excluding carboxylic acids is 2. The number of para-hydroxylation sites is 1. The van der Waals surface area contributed by atoms with E-state index in [-0.39, 0.29) is 11.5 Å². The molecule has 1 unspecified atom stereocenters. The molecule has 4 heterocycles. The summed E-state index contributed by atoms with van der Waals surface area (Å²) < 4.78 is 17.4. The molecular weight excluding hydrogens is 536 g/mol. The predicted octanol–water partition coefficient (Wildman–Crippen LogP) is 4.91. The highest BCUT2D eigenvalue weighted by Gasteiger charge is 2.36. The Morgan fingerprint density at radius 1 is 1.02 bits per heavy atom. The number of aromatic nitrogens is 1. The van der Waals surface area contributed by atoms with Gasteiger partial charge in [0.25, 0.3) is 0 Å². The molecule has 1 atom stereocenters. The predicted molar refractivity (Wildman–Crippen MR) is 159 cm³/mol. The molecule has 220 valence electrons. The van der Waals surface area contributed by atoms with Crippen molar-refractivity contribution in [2.75, 3.05) is 43.1 Å². The number of pyridine rings is 1. The van der Waals surface area contributed by atoms with Gasteiger partial charge in [0.1, 0.15) is 23.1 Å². The molecule has 2 saturated heterocycles. The highest BCUT2D eigenvalue weighted by Crippen LogP contribution is 2.43. The van der Waals surface area contributed by atoms with E-state index in [0.717, 1.165) is 41.9 Å². The molecule has 3 aliphatic heterocycles. The first-order valence-corrected chi connectivity index (χ1v) is 14.5. The lowest BCUT2D eigenvalue weighted by Crippen LogP contribution is -2.45. The molecule has 2 fully saturated rings. The summed E-state index contributed by atoms with van der Waals surface area (Å²) in [5.74, 6) is 1.16. The molecule has 0 spiro atoms. The number of fused-ring (bicyclic) bond motifs is 2. The zero-order chi connectivity index (χ0) is 29.4. The lowest BCUT2D eigenvalue weighted by atomic mass is 9.96. The summed E-state index contributed by atoms with van der Waals surface area (Å²) in [6.45, 7) is 8.67. The quantitative estimate of drug-likeness (QED) is 0.357. The first-order chi connectivity index (χ1) is 20.1. The Morgan fingerprint density at radius 2 is 1.83 bits per heavy atom. The summed E-state index contributed by atoms with van der Waals surface area (Å²) >= 11 is 0. The van der Waals surface area contributed by atoms with Gasteiger partial charge in [-0.05, 0) is 69.5 Å². The van der Waals surface area contributed by atoms with Crippen LogP contribution in [0.5, 0.6) is 11.5 Å². The van der Waals surface area contributed by atoms with Crippen molar-refractivity contribution in [1.82, 2.24) is 9.88 Å². The van der Waals surface area contributed by atoms with Crippen LogP contribution in [0.4, 0.5) is 16.2 Å². The molecule has 2 N–H and O–H groups in total.